The number of aromatic amines is 1. The zero-order valence-electron chi connectivity index (χ0n) is 18.5. The molecule has 4 aromatic rings. The highest BCUT2D eigenvalue weighted by molar-refractivity contribution is 6.08. The summed E-state index contributed by atoms with van der Waals surface area (Å²) in [6, 6.07) is 9.91. The lowest BCUT2D eigenvalue weighted by Gasteiger charge is -2.13. The van der Waals surface area contributed by atoms with E-state index in [9.17, 15) is 14.0 Å². The largest absolute Gasteiger partial charge is 0.397 e. The van der Waals surface area contributed by atoms with E-state index in [-0.39, 0.29) is 11.3 Å². The zero-order chi connectivity index (χ0) is 23.5. The Hall–Kier alpha value is -4.01. The van der Waals surface area contributed by atoms with E-state index in [4.69, 9.17) is 5.73 Å². The van der Waals surface area contributed by atoms with Crippen LogP contribution in [0.3, 0.4) is 0 Å². The van der Waals surface area contributed by atoms with Gasteiger partial charge in [-0.2, -0.15) is 5.10 Å². The van der Waals surface area contributed by atoms with Crippen molar-refractivity contribution >= 4 is 22.5 Å². The molecule has 2 aromatic carbocycles. The Morgan fingerprint density at radius 3 is 2.76 bits per heavy atom. The van der Waals surface area contributed by atoms with Crippen molar-refractivity contribution in [2.75, 3.05) is 12.3 Å². The standard InChI is InChI=1S/C24H25FN6O2/c1-3-10-27-23(32)20-21(26)16-7-5-6-15(22(16)29-24(20)33)17-11-14(8-9-18(17)25)12-19-28-13-31(4-2)30-19/h5-9,11,13H,3-4,10,12H2,1-2H3,(H,27,32)(H3,26,29,33). The summed E-state index contributed by atoms with van der Waals surface area (Å²) < 4.78 is 16.6. The number of aromatic nitrogens is 4. The predicted molar refractivity (Wildman–Crippen MR) is 126 cm³/mol. The van der Waals surface area contributed by atoms with Crippen LogP contribution in [0.15, 0.2) is 47.5 Å². The Labute approximate surface area is 189 Å². The molecule has 1 amide bonds. The number of aryl methyl sites for hydroxylation is 1. The summed E-state index contributed by atoms with van der Waals surface area (Å²) in [6.45, 7) is 5.03. The van der Waals surface area contributed by atoms with Gasteiger partial charge in [0.15, 0.2) is 5.82 Å². The number of rotatable bonds is 7. The molecule has 4 rings (SSSR count). The minimum Gasteiger partial charge on any atom is -0.397 e. The number of fused-ring (bicyclic) bond motifs is 1. The van der Waals surface area contributed by atoms with E-state index in [0.717, 1.165) is 12.0 Å². The van der Waals surface area contributed by atoms with Crippen molar-refractivity contribution in [2.24, 2.45) is 0 Å². The van der Waals surface area contributed by atoms with Crippen molar-refractivity contribution in [3.05, 3.63) is 75.8 Å². The normalized spacial score (nSPS) is 11.1. The molecule has 170 valence electrons. The van der Waals surface area contributed by atoms with Crippen molar-refractivity contribution in [3.8, 4) is 11.1 Å². The maximum absolute atomic E-state index is 14.9. The van der Waals surface area contributed by atoms with Crippen LogP contribution in [0.2, 0.25) is 0 Å². The lowest BCUT2D eigenvalue weighted by Crippen LogP contribution is -2.31. The highest BCUT2D eigenvalue weighted by Gasteiger charge is 2.20. The van der Waals surface area contributed by atoms with Crippen molar-refractivity contribution < 1.29 is 9.18 Å². The van der Waals surface area contributed by atoms with Crippen LogP contribution in [0.1, 0.15) is 42.0 Å². The van der Waals surface area contributed by atoms with Gasteiger partial charge in [0.25, 0.3) is 11.5 Å². The van der Waals surface area contributed by atoms with E-state index in [1.54, 1.807) is 41.3 Å². The number of amides is 1. The first-order chi connectivity index (χ1) is 15.9. The van der Waals surface area contributed by atoms with E-state index in [0.29, 0.717) is 47.4 Å². The fourth-order valence-electron chi connectivity index (χ4n) is 3.76. The molecule has 2 heterocycles. The number of H-pyrrole nitrogens is 1. The quantitative estimate of drug-likeness (QED) is 0.401. The van der Waals surface area contributed by atoms with Gasteiger partial charge in [0, 0.05) is 36.0 Å². The Balaban J connectivity index is 1.80. The topological polar surface area (TPSA) is 119 Å². The Bertz CT molecular complexity index is 1390. The smallest absolute Gasteiger partial charge is 0.263 e. The first kappa shape index (κ1) is 22.2. The van der Waals surface area contributed by atoms with Gasteiger partial charge in [0.2, 0.25) is 0 Å². The second kappa shape index (κ2) is 9.23. The van der Waals surface area contributed by atoms with E-state index in [1.807, 2.05) is 13.8 Å². The van der Waals surface area contributed by atoms with Gasteiger partial charge in [-0.1, -0.05) is 31.2 Å². The molecular weight excluding hydrogens is 423 g/mol. The number of hydrogen-bond donors (Lipinski definition) is 3. The van der Waals surface area contributed by atoms with Gasteiger partial charge in [-0.25, -0.2) is 9.37 Å². The number of nitrogen functional groups attached to an aromatic ring is 1. The molecule has 33 heavy (non-hydrogen) atoms. The Morgan fingerprint density at radius 1 is 1.21 bits per heavy atom. The number of pyridine rings is 1. The molecule has 0 radical (unpaired) electrons. The van der Waals surface area contributed by atoms with Crippen LogP contribution < -0.4 is 16.6 Å². The summed E-state index contributed by atoms with van der Waals surface area (Å²) in [4.78, 5) is 32.2. The summed E-state index contributed by atoms with van der Waals surface area (Å²) in [7, 11) is 0. The molecule has 0 saturated carbocycles. The third-order valence-corrected chi connectivity index (χ3v) is 5.44. The average molecular weight is 449 g/mol. The van der Waals surface area contributed by atoms with E-state index < -0.39 is 17.3 Å². The van der Waals surface area contributed by atoms with E-state index in [2.05, 4.69) is 20.4 Å². The number of para-hydroxylation sites is 1. The molecule has 8 nitrogen and oxygen atoms in total. The van der Waals surface area contributed by atoms with Crippen LogP contribution in [-0.2, 0) is 13.0 Å². The Morgan fingerprint density at radius 2 is 2.03 bits per heavy atom. The van der Waals surface area contributed by atoms with Crippen molar-refractivity contribution in [3.63, 3.8) is 0 Å². The fraction of sp³-hybridized carbons (Fsp3) is 0.250. The summed E-state index contributed by atoms with van der Waals surface area (Å²) in [5.41, 5.74) is 7.52. The van der Waals surface area contributed by atoms with Gasteiger partial charge in [-0.05, 0) is 31.0 Å². The van der Waals surface area contributed by atoms with Crippen LogP contribution in [0.25, 0.3) is 22.0 Å². The number of hydrogen-bond acceptors (Lipinski definition) is 5. The van der Waals surface area contributed by atoms with Crippen LogP contribution >= 0.6 is 0 Å². The third-order valence-electron chi connectivity index (χ3n) is 5.44. The van der Waals surface area contributed by atoms with Crippen LogP contribution in [0, 0.1) is 5.82 Å². The van der Waals surface area contributed by atoms with Gasteiger partial charge in [-0.15, -0.1) is 0 Å². The molecule has 0 aliphatic heterocycles. The first-order valence-corrected chi connectivity index (χ1v) is 10.8. The molecule has 0 unspecified atom stereocenters. The van der Waals surface area contributed by atoms with Gasteiger partial charge < -0.3 is 16.0 Å². The molecule has 0 bridgehead atoms. The maximum Gasteiger partial charge on any atom is 0.263 e. The van der Waals surface area contributed by atoms with E-state index in [1.165, 1.54) is 6.07 Å². The molecule has 2 aromatic heterocycles. The Kier molecular flexibility index (Phi) is 6.21. The number of nitrogens with zero attached hydrogens (tertiary/aromatic N) is 3. The minimum absolute atomic E-state index is 0.0649. The number of nitrogens with one attached hydrogen (secondary N) is 2. The zero-order valence-corrected chi connectivity index (χ0v) is 18.5. The average Bonchev–Trinajstić information content (AvgIpc) is 3.26. The second-order valence-corrected chi connectivity index (χ2v) is 7.73. The summed E-state index contributed by atoms with van der Waals surface area (Å²) >= 11 is 0. The number of anilines is 1. The molecule has 0 aliphatic carbocycles. The number of carbonyl (C=O) groups excluding carboxylic acids is 1. The van der Waals surface area contributed by atoms with Crippen molar-refractivity contribution in [1.29, 1.82) is 0 Å². The molecule has 0 atom stereocenters. The molecule has 0 fully saturated rings. The van der Waals surface area contributed by atoms with Crippen molar-refractivity contribution in [2.45, 2.75) is 33.2 Å². The number of halogens is 1. The SMILES string of the molecule is CCCNC(=O)c1c(N)c2cccc(-c3cc(Cc4ncn(CC)n4)ccc3F)c2[nH]c1=O. The van der Waals surface area contributed by atoms with Gasteiger partial charge >= 0.3 is 0 Å². The van der Waals surface area contributed by atoms with Gasteiger partial charge in [0.05, 0.1) is 11.2 Å². The lowest BCUT2D eigenvalue weighted by molar-refractivity contribution is 0.0953. The summed E-state index contributed by atoms with van der Waals surface area (Å²) in [5.74, 6) is -0.342. The molecular formula is C24H25FN6O2. The molecule has 9 heteroatoms. The number of benzene rings is 2. The van der Waals surface area contributed by atoms with E-state index >= 15 is 0 Å². The first-order valence-electron chi connectivity index (χ1n) is 10.8. The monoisotopic (exact) mass is 448 g/mol. The predicted octanol–water partition coefficient (Wildman–Crippen LogP) is 3.26. The number of nitrogens with two attached hydrogens (primary N) is 1. The van der Waals surface area contributed by atoms with Crippen molar-refractivity contribution in [1.82, 2.24) is 25.1 Å². The lowest BCUT2D eigenvalue weighted by atomic mass is 9.97. The highest BCUT2D eigenvalue weighted by Crippen LogP contribution is 2.32. The van der Waals surface area contributed by atoms with Crippen LogP contribution in [-0.4, -0.2) is 32.2 Å². The fourth-order valence-corrected chi connectivity index (χ4v) is 3.76. The minimum atomic E-state index is -0.619. The highest BCUT2D eigenvalue weighted by atomic mass is 19.1. The molecule has 4 N–H and O–H groups in total. The number of carbonyl (C=O) groups is 1. The van der Waals surface area contributed by atoms with Gasteiger partial charge in [-0.3, -0.25) is 14.3 Å². The molecule has 0 spiro atoms. The van der Waals surface area contributed by atoms with Gasteiger partial charge in [0.1, 0.15) is 17.7 Å². The second-order valence-electron chi connectivity index (χ2n) is 7.73. The summed E-state index contributed by atoms with van der Waals surface area (Å²) in [6.07, 6.45) is 2.82. The maximum atomic E-state index is 14.9. The molecule has 0 aliphatic rings. The van der Waals surface area contributed by atoms with Crippen LogP contribution in [0.5, 0.6) is 0 Å². The third kappa shape index (κ3) is 4.34. The molecule has 0 saturated heterocycles. The van der Waals surface area contributed by atoms with Crippen LogP contribution in [0.4, 0.5) is 10.1 Å². The summed E-state index contributed by atoms with van der Waals surface area (Å²) in [5, 5.41) is 7.53.